The van der Waals surface area contributed by atoms with Crippen molar-refractivity contribution in [2.45, 2.75) is 59.9 Å². The smallest absolute Gasteiger partial charge is 0.410 e. The summed E-state index contributed by atoms with van der Waals surface area (Å²) in [4.78, 5) is 25.9. The number of aryl methyl sites for hydroxylation is 1. The average molecular weight is 399 g/mol. The van der Waals surface area contributed by atoms with Gasteiger partial charge in [0, 0.05) is 19.0 Å². The largest absolute Gasteiger partial charge is 0.444 e. The van der Waals surface area contributed by atoms with Gasteiger partial charge in [-0.1, -0.05) is 35.9 Å². The van der Waals surface area contributed by atoms with Crippen molar-refractivity contribution < 1.29 is 24.2 Å². The minimum atomic E-state index is -0.645. The van der Waals surface area contributed by atoms with Crippen molar-refractivity contribution in [1.29, 1.82) is 0 Å². The van der Waals surface area contributed by atoms with Crippen LogP contribution in [0.2, 0.25) is 0 Å². The van der Waals surface area contributed by atoms with E-state index in [9.17, 15) is 14.7 Å². The summed E-state index contributed by atoms with van der Waals surface area (Å²) in [5.74, 6) is -0.0995. The maximum atomic E-state index is 12.9. The lowest BCUT2D eigenvalue weighted by molar-refractivity contribution is -0.131. The number of carbonyl (C=O) groups excluding carboxylic acids is 2. The number of benzene rings is 2. The van der Waals surface area contributed by atoms with E-state index in [2.05, 4.69) is 0 Å². The Morgan fingerprint density at radius 2 is 1.62 bits per heavy atom. The molecule has 0 aliphatic carbocycles. The van der Waals surface area contributed by atoms with Crippen LogP contribution in [0.3, 0.4) is 0 Å². The molecule has 0 spiro atoms. The molecular weight excluding hydrogens is 370 g/mol. The highest BCUT2D eigenvalue weighted by atomic mass is 16.6. The molecule has 0 fully saturated rings. The fourth-order valence-electron chi connectivity index (χ4n) is 2.74. The normalized spacial score (nSPS) is 11.1. The summed E-state index contributed by atoms with van der Waals surface area (Å²) >= 11 is 0. The van der Waals surface area contributed by atoms with Gasteiger partial charge in [0.1, 0.15) is 11.4 Å². The second-order valence-electron chi connectivity index (χ2n) is 8.02. The van der Waals surface area contributed by atoms with E-state index in [-0.39, 0.29) is 13.2 Å². The summed E-state index contributed by atoms with van der Waals surface area (Å²) in [5, 5.41) is 9.48. The maximum Gasteiger partial charge on any atom is 0.410 e. The van der Waals surface area contributed by atoms with E-state index >= 15 is 0 Å². The third-order valence-electron chi connectivity index (χ3n) is 4.07. The van der Waals surface area contributed by atoms with Crippen LogP contribution < -0.4 is 4.74 Å². The Balaban J connectivity index is 2.36. The Kier molecular flexibility index (Phi) is 7.40. The number of ether oxygens (including phenoxy) is 2. The highest BCUT2D eigenvalue weighted by Crippen LogP contribution is 2.24. The SMILES string of the molecule is CC(=O)Oc1ccc(CO)cc1CN(Cc1ccc(C)cc1)C(=O)OC(C)(C)C. The van der Waals surface area contributed by atoms with E-state index in [1.807, 2.05) is 52.0 Å². The zero-order valence-electron chi connectivity index (χ0n) is 17.7. The molecule has 2 aromatic rings. The van der Waals surface area contributed by atoms with Crippen molar-refractivity contribution >= 4 is 12.1 Å². The molecular formula is C23H29NO5. The fraction of sp³-hybridized carbons (Fsp3) is 0.391. The zero-order chi connectivity index (χ0) is 21.6. The molecule has 0 bridgehead atoms. The van der Waals surface area contributed by atoms with Gasteiger partial charge in [0.25, 0.3) is 0 Å². The Hall–Kier alpha value is -2.86. The molecule has 0 aliphatic rings. The van der Waals surface area contributed by atoms with Crippen LogP contribution in [0.1, 0.15) is 49.9 Å². The predicted molar refractivity (Wildman–Crippen MR) is 110 cm³/mol. The van der Waals surface area contributed by atoms with Gasteiger partial charge in [-0.15, -0.1) is 0 Å². The molecule has 2 rings (SSSR count). The molecule has 29 heavy (non-hydrogen) atoms. The van der Waals surface area contributed by atoms with Crippen LogP contribution in [0.4, 0.5) is 4.79 Å². The molecule has 1 amide bonds. The van der Waals surface area contributed by atoms with Crippen LogP contribution in [-0.2, 0) is 29.2 Å². The van der Waals surface area contributed by atoms with Gasteiger partial charge in [-0.3, -0.25) is 9.69 Å². The molecule has 0 saturated heterocycles. The predicted octanol–water partition coefficient (Wildman–Crippen LogP) is 4.35. The minimum absolute atomic E-state index is 0.155. The summed E-state index contributed by atoms with van der Waals surface area (Å²) in [6.45, 7) is 9.10. The molecule has 0 unspecified atom stereocenters. The van der Waals surface area contributed by atoms with E-state index in [1.165, 1.54) is 6.92 Å². The zero-order valence-corrected chi connectivity index (χ0v) is 17.7. The molecule has 0 heterocycles. The molecule has 0 aromatic heterocycles. The second kappa shape index (κ2) is 9.56. The number of aliphatic hydroxyl groups is 1. The number of esters is 1. The van der Waals surface area contributed by atoms with Crippen LogP contribution in [-0.4, -0.2) is 27.7 Å². The molecule has 2 aromatic carbocycles. The molecule has 1 N–H and O–H groups in total. The Bertz CT molecular complexity index is 853. The molecule has 156 valence electrons. The molecule has 6 heteroatoms. The van der Waals surface area contributed by atoms with Crippen molar-refractivity contribution in [1.82, 2.24) is 4.90 Å². The first-order valence-corrected chi connectivity index (χ1v) is 9.52. The minimum Gasteiger partial charge on any atom is -0.444 e. The van der Waals surface area contributed by atoms with Gasteiger partial charge in [0.05, 0.1) is 13.2 Å². The molecule has 0 radical (unpaired) electrons. The van der Waals surface area contributed by atoms with Crippen molar-refractivity contribution in [2.75, 3.05) is 0 Å². The lowest BCUT2D eigenvalue weighted by Gasteiger charge is -2.28. The molecule has 0 atom stereocenters. The van der Waals surface area contributed by atoms with Gasteiger partial charge >= 0.3 is 12.1 Å². The summed E-state index contributed by atoms with van der Waals surface area (Å²) in [5.41, 5.74) is 2.72. The number of hydrogen-bond acceptors (Lipinski definition) is 5. The maximum absolute atomic E-state index is 12.9. The highest BCUT2D eigenvalue weighted by molar-refractivity contribution is 5.71. The van der Waals surface area contributed by atoms with Gasteiger partial charge in [-0.25, -0.2) is 4.79 Å². The van der Waals surface area contributed by atoms with Crippen molar-refractivity contribution in [3.63, 3.8) is 0 Å². The standard InChI is InChI=1S/C23H29NO5/c1-16-6-8-18(9-7-16)13-24(22(27)29-23(3,4)5)14-20-12-19(15-25)10-11-21(20)28-17(2)26/h6-12,25H,13-15H2,1-5H3. The third kappa shape index (κ3) is 7.23. The first-order valence-electron chi connectivity index (χ1n) is 9.52. The first-order chi connectivity index (χ1) is 13.6. The van der Waals surface area contributed by atoms with Gasteiger partial charge in [-0.05, 0) is 51.0 Å². The van der Waals surface area contributed by atoms with Crippen LogP contribution in [0.25, 0.3) is 0 Å². The molecule has 0 aliphatic heterocycles. The van der Waals surface area contributed by atoms with E-state index < -0.39 is 17.7 Å². The van der Waals surface area contributed by atoms with E-state index in [0.717, 1.165) is 11.1 Å². The number of nitrogens with zero attached hydrogens (tertiary/aromatic N) is 1. The number of carbonyl (C=O) groups is 2. The van der Waals surface area contributed by atoms with Crippen molar-refractivity contribution in [3.8, 4) is 5.75 Å². The number of rotatable bonds is 6. The third-order valence-corrected chi connectivity index (χ3v) is 4.07. The molecule has 0 saturated carbocycles. The van der Waals surface area contributed by atoms with E-state index in [4.69, 9.17) is 9.47 Å². The van der Waals surface area contributed by atoms with Gasteiger partial charge in [0.2, 0.25) is 0 Å². The Morgan fingerprint density at radius 3 is 2.17 bits per heavy atom. The first kappa shape index (κ1) is 22.4. The van der Waals surface area contributed by atoms with E-state index in [0.29, 0.717) is 23.4 Å². The number of amides is 1. The summed E-state index contributed by atoms with van der Waals surface area (Å²) < 4.78 is 10.9. The lowest BCUT2D eigenvalue weighted by atomic mass is 10.1. The van der Waals surface area contributed by atoms with Crippen LogP contribution in [0, 0.1) is 6.92 Å². The van der Waals surface area contributed by atoms with Crippen molar-refractivity contribution in [2.24, 2.45) is 0 Å². The van der Waals surface area contributed by atoms with E-state index in [1.54, 1.807) is 23.1 Å². The highest BCUT2D eigenvalue weighted by Gasteiger charge is 2.24. The lowest BCUT2D eigenvalue weighted by Crippen LogP contribution is -2.36. The van der Waals surface area contributed by atoms with Crippen molar-refractivity contribution in [3.05, 3.63) is 64.7 Å². The Labute approximate surface area is 172 Å². The van der Waals surface area contributed by atoms with Gasteiger partial charge < -0.3 is 14.6 Å². The Morgan fingerprint density at radius 1 is 1.00 bits per heavy atom. The quantitative estimate of drug-likeness (QED) is 0.577. The average Bonchev–Trinajstić information content (AvgIpc) is 2.62. The number of aliphatic hydroxyl groups excluding tert-OH is 1. The molecule has 6 nitrogen and oxygen atoms in total. The van der Waals surface area contributed by atoms with Gasteiger partial charge in [-0.2, -0.15) is 0 Å². The van der Waals surface area contributed by atoms with Crippen LogP contribution >= 0.6 is 0 Å². The van der Waals surface area contributed by atoms with Crippen LogP contribution in [0.5, 0.6) is 5.75 Å². The topological polar surface area (TPSA) is 76.1 Å². The second-order valence-corrected chi connectivity index (χ2v) is 8.02. The summed E-state index contributed by atoms with van der Waals surface area (Å²) in [6.07, 6.45) is -0.471. The van der Waals surface area contributed by atoms with Crippen LogP contribution in [0.15, 0.2) is 42.5 Å². The van der Waals surface area contributed by atoms with Gasteiger partial charge in [0.15, 0.2) is 0 Å². The number of hydrogen-bond donors (Lipinski definition) is 1. The monoisotopic (exact) mass is 399 g/mol. The fourth-order valence-corrected chi connectivity index (χ4v) is 2.74. The summed E-state index contributed by atoms with van der Waals surface area (Å²) in [7, 11) is 0. The summed E-state index contributed by atoms with van der Waals surface area (Å²) in [6, 6.07) is 12.9.